The fraction of sp³-hybridized carbons (Fsp3) is 0.0909. The minimum atomic E-state index is -0.116. The van der Waals surface area contributed by atoms with E-state index >= 15 is 0 Å². The second kappa shape index (κ2) is 7.81. The van der Waals surface area contributed by atoms with Gasteiger partial charge >= 0.3 is 0 Å². The molecule has 0 saturated carbocycles. The van der Waals surface area contributed by atoms with Gasteiger partial charge in [-0.2, -0.15) is 0 Å². The van der Waals surface area contributed by atoms with Gasteiger partial charge in [0.1, 0.15) is 11.6 Å². The highest BCUT2D eigenvalue weighted by atomic mass is 15.2. The summed E-state index contributed by atoms with van der Waals surface area (Å²) >= 11 is 0. The summed E-state index contributed by atoms with van der Waals surface area (Å²) < 4.78 is 2.20. The molecule has 0 unspecified atom stereocenters. The summed E-state index contributed by atoms with van der Waals surface area (Å²) in [6.07, 6.45) is 0. The first-order chi connectivity index (χ1) is 18.1. The topological polar surface area (TPSA) is 25.4 Å². The summed E-state index contributed by atoms with van der Waals surface area (Å²) in [5, 5.41) is 2.18. The number of hydrogen-bond acceptors (Lipinski definition) is 2. The molecular weight excluding hydrogens is 452 g/mol. The van der Waals surface area contributed by atoms with Crippen LogP contribution in [0.4, 0.5) is 22.9 Å². The van der Waals surface area contributed by atoms with Gasteiger partial charge in [-0.15, -0.1) is 0 Å². The number of hydrogen-bond donors (Lipinski definition) is 0. The molecule has 0 saturated heterocycles. The van der Waals surface area contributed by atoms with Crippen LogP contribution in [0.1, 0.15) is 25.0 Å². The zero-order valence-corrected chi connectivity index (χ0v) is 20.7. The maximum atomic E-state index is 7.49. The van der Waals surface area contributed by atoms with Crippen molar-refractivity contribution in [2.75, 3.05) is 4.90 Å². The summed E-state index contributed by atoms with van der Waals surface area (Å²) in [5.41, 5.74) is 7.51. The number of aromatic nitrogens is 2. The monoisotopic (exact) mass is 476 g/mol. The van der Waals surface area contributed by atoms with E-state index < -0.39 is 0 Å². The SMILES string of the molecule is [C-]#[N+]c1ccc2c(c1)c1ccccc1n2-c1cccc(N2c3ccccc3C(C)(C)c3ccccc32)n1. The Labute approximate surface area is 215 Å². The van der Waals surface area contributed by atoms with Gasteiger partial charge in [0.2, 0.25) is 0 Å². The van der Waals surface area contributed by atoms with Gasteiger partial charge in [0, 0.05) is 10.8 Å². The zero-order chi connectivity index (χ0) is 25.1. The smallest absolute Gasteiger partial charge is 0.188 e. The summed E-state index contributed by atoms with van der Waals surface area (Å²) in [7, 11) is 0. The van der Waals surface area contributed by atoms with Gasteiger partial charge in [0.05, 0.1) is 29.0 Å². The highest BCUT2D eigenvalue weighted by Crippen LogP contribution is 2.51. The molecule has 4 aromatic carbocycles. The van der Waals surface area contributed by atoms with Crippen LogP contribution in [-0.2, 0) is 5.41 Å². The maximum absolute atomic E-state index is 7.49. The molecule has 6 aromatic rings. The Morgan fingerprint density at radius 2 is 1.27 bits per heavy atom. The summed E-state index contributed by atoms with van der Waals surface area (Å²) in [6, 6.07) is 37.7. The first-order valence-electron chi connectivity index (χ1n) is 12.5. The summed E-state index contributed by atoms with van der Waals surface area (Å²) in [5.74, 6) is 1.72. The van der Waals surface area contributed by atoms with Crippen molar-refractivity contribution in [1.29, 1.82) is 0 Å². The largest absolute Gasteiger partial charge is 0.294 e. The molecular formula is C33H24N4. The van der Waals surface area contributed by atoms with Gasteiger partial charge in [-0.3, -0.25) is 9.47 Å². The number of nitrogens with zero attached hydrogens (tertiary/aromatic N) is 4. The predicted molar refractivity (Wildman–Crippen MR) is 152 cm³/mol. The van der Waals surface area contributed by atoms with Gasteiger partial charge in [-0.1, -0.05) is 80.6 Å². The van der Waals surface area contributed by atoms with Crippen LogP contribution in [0.15, 0.2) is 109 Å². The van der Waals surface area contributed by atoms with Gasteiger partial charge < -0.3 is 0 Å². The average Bonchev–Trinajstić information content (AvgIpc) is 3.27. The maximum Gasteiger partial charge on any atom is 0.188 e. The Bertz CT molecular complexity index is 1840. The standard InChI is InChI=1S/C33H24N4/c1-33(2)25-12-5-8-15-29(25)37(30-16-9-6-13-26(30)33)32-18-10-17-31(35-32)36-27-14-7-4-11-23(27)24-21-22(34-3)19-20-28(24)36/h4-21H,1-2H3. The molecule has 4 nitrogen and oxygen atoms in total. The van der Waals surface area contributed by atoms with Crippen molar-refractivity contribution in [2.45, 2.75) is 19.3 Å². The number of pyridine rings is 1. The molecule has 0 spiro atoms. The molecule has 3 heterocycles. The molecule has 0 bridgehead atoms. The third-order valence-corrected chi connectivity index (χ3v) is 7.60. The Kier molecular flexibility index (Phi) is 4.52. The van der Waals surface area contributed by atoms with Crippen LogP contribution in [-0.4, -0.2) is 9.55 Å². The average molecular weight is 477 g/mol. The molecule has 1 aliphatic rings. The predicted octanol–water partition coefficient (Wildman–Crippen LogP) is 8.84. The van der Waals surface area contributed by atoms with Crippen LogP contribution in [0.25, 0.3) is 32.5 Å². The van der Waals surface area contributed by atoms with Crippen molar-refractivity contribution in [1.82, 2.24) is 9.55 Å². The first-order valence-corrected chi connectivity index (χ1v) is 12.5. The lowest BCUT2D eigenvalue weighted by Crippen LogP contribution is -2.30. The zero-order valence-electron chi connectivity index (χ0n) is 20.7. The molecule has 176 valence electrons. The Hall–Kier alpha value is -4.88. The van der Waals surface area contributed by atoms with Crippen LogP contribution in [0.5, 0.6) is 0 Å². The minimum Gasteiger partial charge on any atom is -0.294 e. The molecule has 0 radical (unpaired) electrons. The van der Waals surface area contributed by atoms with Gasteiger partial charge in [0.25, 0.3) is 0 Å². The second-order valence-electron chi connectivity index (χ2n) is 10.0. The number of para-hydroxylation sites is 3. The number of rotatable bonds is 2. The Morgan fingerprint density at radius 1 is 0.649 bits per heavy atom. The molecule has 0 aliphatic carbocycles. The fourth-order valence-corrected chi connectivity index (χ4v) is 5.85. The van der Waals surface area contributed by atoms with E-state index in [0.717, 1.165) is 44.8 Å². The van der Waals surface area contributed by atoms with Crippen molar-refractivity contribution < 1.29 is 0 Å². The van der Waals surface area contributed by atoms with Crippen LogP contribution in [0.3, 0.4) is 0 Å². The Balaban J connectivity index is 1.49. The van der Waals surface area contributed by atoms with Crippen molar-refractivity contribution in [3.63, 3.8) is 0 Å². The number of fused-ring (bicyclic) bond motifs is 5. The van der Waals surface area contributed by atoms with E-state index in [1.54, 1.807) is 0 Å². The molecule has 37 heavy (non-hydrogen) atoms. The van der Waals surface area contributed by atoms with E-state index in [1.807, 2.05) is 24.3 Å². The van der Waals surface area contributed by atoms with Crippen molar-refractivity contribution in [2.24, 2.45) is 0 Å². The quantitative estimate of drug-likeness (QED) is 0.233. The van der Waals surface area contributed by atoms with Gasteiger partial charge in [0.15, 0.2) is 5.69 Å². The van der Waals surface area contributed by atoms with Crippen LogP contribution in [0, 0.1) is 6.57 Å². The highest BCUT2D eigenvalue weighted by molar-refractivity contribution is 6.10. The number of anilines is 3. The number of benzene rings is 4. The molecule has 0 N–H and O–H groups in total. The molecule has 4 heteroatoms. The summed E-state index contributed by atoms with van der Waals surface area (Å²) in [4.78, 5) is 11.2. The van der Waals surface area contributed by atoms with Crippen LogP contribution >= 0.6 is 0 Å². The van der Waals surface area contributed by atoms with Crippen molar-refractivity contribution in [3.8, 4) is 5.82 Å². The molecule has 0 atom stereocenters. The van der Waals surface area contributed by atoms with E-state index in [2.05, 4.69) is 113 Å². The van der Waals surface area contributed by atoms with Crippen molar-refractivity contribution in [3.05, 3.63) is 132 Å². The minimum absolute atomic E-state index is 0.116. The second-order valence-corrected chi connectivity index (χ2v) is 10.0. The van der Waals surface area contributed by atoms with E-state index in [9.17, 15) is 0 Å². The third-order valence-electron chi connectivity index (χ3n) is 7.60. The molecule has 0 amide bonds. The lowest BCUT2D eigenvalue weighted by atomic mass is 9.73. The van der Waals surface area contributed by atoms with Crippen LogP contribution < -0.4 is 4.90 Å². The van der Waals surface area contributed by atoms with Gasteiger partial charge in [-0.05, 0) is 59.0 Å². The lowest BCUT2D eigenvalue weighted by molar-refractivity contribution is 0.631. The Morgan fingerprint density at radius 3 is 2.00 bits per heavy atom. The fourth-order valence-electron chi connectivity index (χ4n) is 5.85. The highest BCUT2D eigenvalue weighted by Gasteiger charge is 2.36. The molecule has 7 rings (SSSR count). The molecule has 2 aromatic heterocycles. The lowest BCUT2D eigenvalue weighted by Gasteiger charge is -2.41. The first kappa shape index (κ1) is 21.4. The molecule has 0 fully saturated rings. The van der Waals surface area contributed by atoms with E-state index in [4.69, 9.17) is 11.6 Å². The van der Waals surface area contributed by atoms with E-state index in [-0.39, 0.29) is 5.41 Å². The van der Waals surface area contributed by atoms with Crippen molar-refractivity contribution >= 4 is 44.7 Å². The third kappa shape index (κ3) is 3.04. The van der Waals surface area contributed by atoms with Gasteiger partial charge in [-0.25, -0.2) is 9.83 Å². The summed E-state index contributed by atoms with van der Waals surface area (Å²) in [6.45, 7) is 12.1. The normalized spacial score (nSPS) is 13.8. The van der Waals surface area contributed by atoms with Crippen LogP contribution in [0.2, 0.25) is 0 Å². The van der Waals surface area contributed by atoms with E-state index in [0.29, 0.717) is 5.69 Å². The van der Waals surface area contributed by atoms with E-state index in [1.165, 1.54) is 11.1 Å². The molecule has 1 aliphatic heterocycles.